The second-order valence-corrected chi connectivity index (χ2v) is 25.8. The molecule has 0 aliphatic heterocycles. The molecule has 92 heavy (non-hydrogen) atoms. The number of hydrogen-bond donors (Lipinski definition) is 0. The second kappa shape index (κ2) is 19.1. The van der Waals surface area contributed by atoms with Crippen LogP contribution in [-0.2, 0) is 10.8 Å². The van der Waals surface area contributed by atoms with Crippen molar-refractivity contribution in [3.05, 3.63) is 278 Å². The van der Waals surface area contributed by atoms with Gasteiger partial charge in [0.15, 0.2) is 0 Å². The Hall–Kier alpha value is -11.3. The predicted octanol–water partition coefficient (Wildman–Crippen LogP) is 24.7. The molecule has 0 amide bonds. The van der Waals surface area contributed by atoms with Gasteiger partial charge in [-0.2, -0.15) is 0 Å². The summed E-state index contributed by atoms with van der Waals surface area (Å²) in [4.78, 5) is 3.51. The number of rotatable bonds is 8. The number of furan rings is 2. The van der Waals surface area contributed by atoms with Gasteiger partial charge in [-0.15, -0.1) is 0 Å². The van der Waals surface area contributed by atoms with Gasteiger partial charge in [0.2, 0.25) is 0 Å². The van der Waals surface area contributed by atoms with Gasteiger partial charge in [0.25, 0.3) is 0 Å². The molecule has 0 fully saturated rings. The largest absolute Gasteiger partial charge is 0.456 e. The highest BCUT2D eigenvalue weighted by Crippen LogP contribution is 2.55. The summed E-state index contributed by atoms with van der Waals surface area (Å²) in [7, 11) is 0. The lowest BCUT2D eigenvalue weighted by atomic mass is 9.86. The zero-order valence-electron chi connectivity index (χ0n) is 68.6. The first-order valence-corrected chi connectivity index (χ1v) is 30.6. The van der Waals surface area contributed by atoms with E-state index in [2.05, 4.69) is 98.9 Å². The monoisotopic (exact) mass is 1200 g/mol. The fraction of sp³-hybridized carbons (Fsp3) is 0.0930. The minimum absolute atomic E-state index is 0.176. The van der Waals surface area contributed by atoms with E-state index in [1.807, 2.05) is 97.1 Å². The first-order valence-electron chi connectivity index (χ1n) is 39.6. The van der Waals surface area contributed by atoms with Crippen molar-refractivity contribution in [2.24, 2.45) is 0 Å². The Kier molecular flexibility index (Phi) is 7.81. The number of aromatic nitrogens is 2. The number of nitrogens with zero attached hydrogens (tertiary/aromatic N) is 4. The Morgan fingerprint density at radius 3 is 1.13 bits per heavy atom. The molecule has 0 radical (unpaired) electrons. The van der Waals surface area contributed by atoms with Gasteiger partial charge < -0.3 is 27.4 Å². The predicted molar refractivity (Wildman–Crippen MR) is 388 cm³/mol. The molecule has 19 rings (SSSR count). The highest BCUT2D eigenvalue weighted by molar-refractivity contribution is 6.33. The molecule has 0 N–H and O–H groups in total. The zero-order valence-corrected chi connectivity index (χ0v) is 50.6. The minimum Gasteiger partial charge on any atom is -0.456 e. The van der Waals surface area contributed by atoms with E-state index in [9.17, 15) is 16.4 Å². The molecule has 13 aromatic carbocycles. The lowest BCUT2D eigenvalue weighted by Gasteiger charge is -2.29. The summed E-state index contributed by atoms with van der Waals surface area (Å²) < 4.78 is 187. The summed E-state index contributed by atoms with van der Waals surface area (Å²) in [5.74, 6) is 0. The van der Waals surface area contributed by atoms with Crippen LogP contribution in [0.3, 0.4) is 0 Å². The van der Waals surface area contributed by atoms with Crippen LogP contribution in [0.15, 0.2) is 275 Å². The summed E-state index contributed by atoms with van der Waals surface area (Å²) in [6.45, 7) is 12.7. The molecule has 0 unspecified atom stereocenters. The van der Waals surface area contributed by atoms with E-state index in [1.54, 1.807) is 21.9 Å². The summed E-state index contributed by atoms with van der Waals surface area (Å²) in [6.07, 6.45) is 0. The summed E-state index contributed by atoms with van der Waals surface area (Å²) >= 11 is 0. The van der Waals surface area contributed by atoms with Crippen LogP contribution in [0.2, 0.25) is 0 Å². The molecule has 6 heterocycles. The number of para-hydroxylation sites is 4. The van der Waals surface area contributed by atoms with Gasteiger partial charge in [-0.3, -0.25) is 0 Å². The van der Waals surface area contributed by atoms with Crippen molar-refractivity contribution in [3.63, 3.8) is 0 Å². The van der Waals surface area contributed by atoms with E-state index in [-0.39, 0.29) is 22.5 Å². The lowest BCUT2D eigenvalue weighted by Crippen LogP contribution is -2.12. The molecule has 0 aliphatic carbocycles. The first kappa shape index (κ1) is 37.6. The van der Waals surface area contributed by atoms with Crippen molar-refractivity contribution in [1.29, 1.82) is 0 Å². The smallest absolute Gasteiger partial charge is 0.137 e. The van der Waals surface area contributed by atoms with E-state index in [0.29, 0.717) is 77.4 Å². The highest BCUT2D eigenvalue weighted by Gasteiger charge is 2.32. The van der Waals surface area contributed by atoms with Crippen LogP contribution in [0.4, 0.5) is 34.1 Å². The van der Waals surface area contributed by atoms with Gasteiger partial charge in [-0.25, -0.2) is 0 Å². The maximum absolute atomic E-state index is 10.2. The lowest BCUT2D eigenvalue weighted by molar-refractivity contribution is 0.591. The fourth-order valence-corrected chi connectivity index (χ4v) is 14.6. The van der Waals surface area contributed by atoms with Crippen LogP contribution in [0.25, 0.3) is 142 Å². The zero-order chi connectivity index (χ0) is 77.1. The highest BCUT2D eigenvalue weighted by atomic mass is 16.3. The Morgan fingerprint density at radius 2 is 0.696 bits per heavy atom. The van der Waals surface area contributed by atoms with Gasteiger partial charge in [0.1, 0.15) is 22.3 Å². The van der Waals surface area contributed by atoms with Crippen molar-refractivity contribution in [3.8, 4) is 22.3 Å². The van der Waals surface area contributed by atoms with Gasteiger partial charge in [-0.1, -0.05) is 211 Å². The van der Waals surface area contributed by atoms with Gasteiger partial charge in [-0.05, 0) is 130 Å². The molecule has 0 saturated heterocycles. The normalized spacial score (nSPS) is 15.4. The average Bonchev–Trinajstić information content (AvgIpc) is 1.50. The van der Waals surface area contributed by atoms with Crippen molar-refractivity contribution in [2.75, 3.05) is 9.80 Å². The number of fused-ring (bicyclic) bond motifs is 18. The Bertz CT molecular complexity index is 6890. The van der Waals surface area contributed by atoms with Crippen LogP contribution in [-0.4, -0.2) is 8.80 Å². The van der Waals surface area contributed by atoms with Crippen LogP contribution in [0, 0.1) is 0 Å². The Labute approximate surface area is 556 Å². The SMILES string of the molecule is [2H]c1c([2H])c([2H])c(-c2c([2H])c([2H])c([2H])c([2H])c2N(c2cccc3oc4ccccc4c23)c2ccc3c4cc5c(cc4n4c6ccc(C(C)(C)C)cc6c2c34)c2ccc(N(c3c([2H])c([2H])c([2H])c([2H])c3-c3c([2H])c([2H])c([2H])c([2H])c3[2H])c3cccc4oc6ccccc6c34)c3c4cc(C(C)(C)C)ccc4n5c23)c([2H])c1[2H]. The molecule has 6 heteroatoms. The van der Waals surface area contributed by atoms with Crippen molar-refractivity contribution in [2.45, 2.75) is 52.4 Å². The number of anilines is 6. The van der Waals surface area contributed by atoms with Crippen LogP contribution >= 0.6 is 0 Å². The quantitative estimate of drug-likeness (QED) is 0.152. The molecule has 6 aromatic heterocycles. The van der Waals surface area contributed by atoms with E-state index in [4.69, 9.17) is 17.1 Å². The van der Waals surface area contributed by atoms with Crippen molar-refractivity contribution >= 4 is 154 Å². The molecule has 6 nitrogen and oxygen atoms in total. The molecular weight excluding hydrogens is 1120 g/mol. The van der Waals surface area contributed by atoms with Crippen LogP contribution in [0.5, 0.6) is 0 Å². The molecule has 0 aliphatic rings. The Balaban J connectivity index is 0.964. The second-order valence-electron chi connectivity index (χ2n) is 25.8. The Morgan fingerprint density at radius 1 is 0.304 bits per heavy atom. The third kappa shape index (κ3) is 7.43. The number of hydrogen-bond acceptors (Lipinski definition) is 4. The third-order valence-electron chi connectivity index (χ3n) is 18.7. The molecular formula is C86H62N4O2. The topological polar surface area (TPSA) is 41.6 Å². The van der Waals surface area contributed by atoms with Crippen molar-refractivity contribution < 1.29 is 33.5 Å². The molecule has 0 atom stereocenters. The van der Waals surface area contributed by atoms with E-state index < -0.39 is 131 Å². The van der Waals surface area contributed by atoms with Crippen LogP contribution < -0.4 is 9.80 Å². The van der Waals surface area contributed by atoms with E-state index in [1.165, 1.54) is 0 Å². The van der Waals surface area contributed by atoms with Gasteiger partial charge >= 0.3 is 0 Å². The minimum atomic E-state index is -0.686. The first-order chi connectivity index (χ1) is 52.4. The third-order valence-corrected chi connectivity index (χ3v) is 18.7. The standard InChI is InChI=1S/C86H62N4O2/c1-85(2,3)53-39-43-67-63(47-53)81-71(87(65-31-17-13-27-55(65)51-23-9-7-10-24-51)69-33-21-37-77-79(69)59-29-15-19-35-75(59)91-77)45-41-57-61-50-74-62(49-73(61)89(67)83(57)81)58-42-46-72(82-64-48-54(86(4,5)6)40-44-68(64)90(74)84(58)82)88(66-32-18-14-28-56(66)52-25-11-8-12-26-52)70-34-22-38-78-80(70)60-30-16-20-36-76(60)92-78/h7-50H,1-6H3/i7D,8D,9D,10D,11D,12D,13D,14D,17D,18D,23D,24D,25D,26D,27D,28D,31D,32D. The summed E-state index contributed by atoms with van der Waals surface area (Å²) in [6, 6.07) is 39.1. The molecule has 0 spiro atoms. The summed E-state index contributed by atoms with van der Waals surface area (Å²) in [5.41, 5.74) is 7.62. The molecule has 19 aromatic rings. The maximum Gasteiger partial charge on any atom is 0.137 e. The van der Waals surface area contributed by atoms with E-state index >= 15 is 0 Å². The van der Waals surface area contributed by atoms with E-state index in [0.717, 1.165) is 76.5 Å². The fourth-order valence-electron chi connectivity index (χ4n) is 14.6. The van der Waals surface area contributed by atoms with Crippen LogP contribution in [0.1, 0.15) is 77.3 Å². The van der Waals surface area contributed by atoms with Gasteiger partial charge in [0, 0.05) is 65.0 Å². The molecule has 0 bridgehead atoms. The van der Waals surface area contributed by atoms with Crippen molar-refractivity contribution in [1.82, 2.24) is 8.80 Å². The number of benzene rings is 13. The maximum atomic E-state index is 10.2. The average molecular weight is 1200 g/mol. The summed E-state index contributed by atoms with van der Waals surface area (Å²) in [5, 5.41) is 8.65. The molecule has 0 saturated carbocycles. The van der Waals surface area contributed by atoms with Gasteiger partial charge in [0.05, 0.1) is 103 Å². The molecule has 438 valence electrons.